The van der Waals surface area contributed by atoms with Gasteiger partial charge in [-0.25, -0.2) is 8.42 Å². The second kappa shape index (κ2) is 9.33. The summed E-state index contributed by atoms with van der Waals surface area (Å²) in [6.07, 6.45) is 5.84. The molecule has 1 aromatic carbocycles. The summed E-state index contributed by atoms with van der Waals surface area (Å²) >= 11 is 12.2. The van der Waals surface area contributed by atoms with Gasteiger partial charge in [0.05, 0.1) is 18.1 Å². The Morgan fingerprint density at radius 1 is 1.18 bits per heavy atom. The summed E-state index contributed by atoms with van der Waals surface area (Å²) in [4.78, 5) is 15.0. The SMILES string of the molecule is CC(NCC(=O)N(C1CCCCC1)C1CCS(=O)(=O)C1)c1ccc(Cl)cc1Cl. The molecular weight excluding hydrogens is 419 g/mol. The van der Waals surface area contributed by atoms with Gasteiger partial charge in [0.2, 0.25) is 5.91 Å². The van der Waals surface area contributed by atoms with E-state index in [4.69, 9.17) is 23.2 Å². The average Bonchev–Trinajstić information content (AvgIpc) is 3.00. The van der Waals surface area contributed by atoms with Crippen LogP contribution in [0.15, 0.2) is 18.2 Å². The van der Waals surface area contributed by atoms with Gasteiger partial charge in [-0.1, -0.05) is 48.5 Å². The third kappa shape index (κ3) is 5.41. The summed E-state index contributed by atoms with van der Waals surface area (Å²) in [7, 11) is -3.04. The van der Waals surface area contributed by atoms with Gasteiger partial charge in [-0.3, -0.25) is 4.79 Å². The highest BCUT2D eigenvalue weighted by Crippen LogP contribution is 2.29. The second-order valence-electron chi connectivity index (χ2n) is 7.92. The van der Waals surface area contributed by atoms with Crippen LogP contribution in [0.3, 0.4) is 0 Å². The normalized spacial score (nSPS) is 23.5. The van der Waals surface area contributed by atoms with E-state index in [0.717, 1.165) is 31.2 Å². The van der Waals surface area contributed by atoms with E-state index in [0.29, 0.717) is 16.5 Å². The first-order valence-corrected chi connectivity index (χ1v) is 12.5. The number of hydrogen-bond donors (Lipinski definition) is 1. The molecule has 1 saturated carbocycles. The van der Waals surface area contributed by atoms with Crippen LogP contribution in [0.2, 0.25) is 10.0 Å². The van der Waals surface area contributed by atoms with Crippen LogP contribution in [0.5, 0.6) is 0 Å². The van der Waals surface area contributed by atoms with E-state index < -0.39 is 9.84 Å². The van der Waals surface area contributed by atoms with Crippen LogP contribution >= 0.6 is 23.2 Å². The van der Waals surface area contributed by atoms with Crippen LogP contribution in [-0.4, -0.2) is 49.4 Å². The van der Waals surface area contributed by atoms with Crippen molar-refractivity contribution in [3.8, 4) is 0 Å². The van der Waals surface area contributed by atoms with Gasteiger partial charge in [-0.15, -0.1) is 0 Å². The topological polar surface area (TPSA) is 66.5 Å². The van der Waals surface area contributed by atoms with Crippen LogP contribution in [0.1, 0.15) is 57.1 Å². The summed E-state index contributed by atoms with van der Waals surface area (Å²) in [6, 6.07) is 5.16. The molecule has 0 bridgehead atoms. The predicted octanol–water partition coefficient (Wildman–Crippen LogP) is 3.99. The molecule has 1 amide bonds. The van der Waals surface area contributed by atoms with Crippen LogP contribution < -0.4 is 5.32 Å². The van der Waals surface area contributed by atoms with E-state index >= 15 is 0 Å². The van der Waals surface area contributed by atoms with Gasteiger partial charge in [0.15, 0.2) is 9.84 Å². The molecule has 156 valence electrons. The Balaban J connectivity index is 1.68. The number of benzene rings is 1. The van der Waals surface area contributed by atoms with E-state index in [-0.39, 0.29) is 42.1 Å². The number of halogens is 2. The van der Waals surface area contributed by atoms with Crippen molar-refractivity contribution in [1.29, 1.82) is 0 Å². The largest absolute Gasteiger partial charge is 0.335 e. The van der Waals surface area contributed by atoms with Crippen LogP contribution in [0.25, 0.3) is 0 Å². The molecule has 1 saturated heterocycles. The highest BCUT2D eigenvalue weighted by atomic mass is 35.5. The Labute approximate surface area is 177 Å². The fourth-order valence-corrected chi connectivity index (χ4v) is 6.64. The summed E-state index contributed by atoms with van der Waals surface area (Å²) < 4.78 is 24.0. The van der Waals surface area contributed by atoms with E-state index in [1.807, 2.05) is 17.9 Å². The van der Waals surface area contributed by atoms with Gasteiger partial charge in [-0.05, 0) is 43.9 Å². The fourth-order valence-electron chi connectivity index (χ4n) is 4.35. The molecule has 2 atom stereocenters. The van der Waals surface area contributed by atoms with Gasteiger partial charge >= 0.3 is 0 Å². The number of rotatable bonds is 6. The molecular formula is C20H28Cl2N2O3S. The minimum absolute atomic E-state index is 0.0223. The van der Waals surface area contributed by atoms with Crippen molar-refractivity contribution in [1.82, 2.24) is 10.2 Å². The first-order valence-electron chi connectivity index (χ1n) is 9.97. The van der Waals surface area contributed by atoms with Crippen molar-refractivity contribution in [3.05, 3.63) is 33.8 Å². The van der Waals surface area contributed by atoms with Crippen molar-refractivity contribution < 1.29 is 13.2 Å². The predicted molar refractivity (Wildman–Crippen MR) is 114 cm³/mol. The first-order chi connectivity index (χ1) is 13.3. The molecule has 2 fully saturated rings. The zero-order chi connectivity index (χ0) is 20.3. The van der Waals surface area contributed by atoms with Crippen LogP contribution in [0, 0.1) is 0 Å². The lowest BCUT2D eigenvalue weighted by Crippen LogP contribution is -2.51. The van der Waals surface area contributed by atoms with Gasteiger partial charge in [0.25, 0.3) is 0 Å². The standard InChI is InChI=1S/C20H28Cl2N2O3S/c1-14(18-8-7-15(21)11-19(18)22)23-12-20(25)24(16-5-3-2-4-6-16)17-9-10-28(26,27)13-17/h7-8,11,14,16-17,23H,2-6,9-10,12-13H2,1H3. The third-order valence-electron chi connectivity index (χ3n) is 5.85. The Bertz CT molecular complexity index is 810. The Kier molecular flexibility index (Phi) is 7.29. The maximum absolute atomic E-state index is 13.1. The van der Waals surface area contributed by atoms with Crippen molar-refractivity contribution in [3.63, 3.8) is 0 Å². The number of nitrogens with zero attached hydrogens (tertiary/aromatic N) is 1. The van der Waals surface area contributed by atoms with E-state index in [2.05, 4.69) is 5.32 Å². The molecule has 1 heterocycles. The zero-order valence-corrected chi connectivity index (χ0v) is 18.5. The van der Waals surface area contributed by atoms with E-state index in [9.17, 15) is 13.2 Å². The number of amides is 1. The molecule has 1 aromatic rings. The summed E-state index contributed by atoms with van der Waals surface area (Å²) in [6.45, 7) is 2.11. The Morgan fingerprint density at radius 3 is 2.50 bits per heavy atom. The van der Waals surface area contributed by atoms with Gasteiger partial charge in [-0.2, -0.15) is 0 Å². The molecule has 5 nitrogen and oxygen atoms in total. The minimum atomic E-state index is -3.04. The number of carbonyl (C=O) groups is 1. The first kappa shape index (κ1) is 21.9. The second-order valence-corrected chi connectivity index (χ2v) is 11.0. The number of nitrogens with one attached hydrogen (secondary N) is 1. The summed E-state index contributed by atoms with van der Waals surface area (Å²) in [5, 5.41) is 4.39. The number of sulfone groups is 1. The van der Waals surface area contributed by atoms with Gasteiger partial charge in [0.1, 0.15) is 0 Å². The minimum Gasteiger partial charge on any atom is -0.335 e. The molecule has 28 heavy (non-hydrogen) atoms. The lowest BCUT2D eigenvalue weighted by molar-refractivity contribution is -0.135. The zero-order valence-electron chi connectivity index (χ0n) is 16.2. The third-order valence-corrected chi connectivity index (χ3v) is 8.16. The molecule has 1 aliphatic carbocycles. The molecule has 2 unspecified atom stereocenters. The maximum Gasteiger partial charge on any atom is 0.237 e. The average molecular weight is 447 g/mol. The maximum atomic E-state index is 13.1. The van der Waals surface area contributed by atoms with Crippen LogP contribution in [0.4, 0.5) is 0 Å². The van der Waals surface area contributed by atoms with Crippen molar-refractivity contribution in [2.24, 2.45) is 0 Å². The summed E-state index contributed by atoms with van der Waals surface area (Å²) in [5.41, 5.74) is 0.881. The fraction of sp³-hybridized carbons (Fsp3) is 0.650. The lowest BCUT2D eigenvalue weighted by Gasteiger charge is -2.38. The molecule has 1 aliphatic heterocycles. The molecule has 0 spiro atoms. The number of hydrogen-bond acceptors (Lipinski definition) is 4. The molecule has 2 aliphatic rings. The smallest absolute Gasteiger partial charge is 0.237 e. The Morgan fingerprint density at radius 2 is 1.89 bits per heavy atom. The molecule has 3 rings (SSSR count). The van der Waals surface area contributed by atoms with Gasteiger partial charge < -0.3 is 10.2 Å². The molecule has 1 N–H and O–H groups in total. The van der Waals surface area contributed by atoms with Crippen molar-refractivity contribution in [2.75, 3.05) is 18.1 Å². The molecule has 8 heteroatoms. The van der Waals surface area contributed by atoms with Crippen molar-refractivity contribution in [2.45, 2.75) is 63.6 Å². The molecule has 0 aromatic heterocycles. The van der Waals surface area contributed by atoms with Gasteiger partial charge in [0, 0.05) is 28.2 Å². The molecule has 0 radical (unpaired) electrons. The monoisotopic (exact) mass is 446 g/mol. The quantitative estimate of drug-likeness (QED) is 0.716. The van der Waals surface area contributed by atoms with E-state index in [1.165, 1.54) is 6.42 Å². The summed E-state index contributed by atoms with van der Waals surface area (Å²) in [5.74, 6) is 0.248. The number of carbonyl (C=O) groups excluding carboxylic acids is 1. The lowest BCUT2D eigenvalue weighted by atomic mass is 9.93. The highest BCUT2D eigenvalue weighted by molar-refractivity contribution is 7.91. The Hall–Kier alpha value is -0.820. The highest BCUT2D eigenvalue weighted by Gasteiger charge is 2.38. The van der Waals surface area contributed by atoms with Crippen molar-refractivity contribution >= 4 is 38.9 Å². The van der Waals surface area contributed by atoms with Crippen LogP contribution in [-0.2, 0) is 14.6 Å². The van der Waals surface area contributed by atoms with E-state index in [1.54, 1.807) is 12.1 Å².